The number of allylic oxidation sites excluding steroid dienone is 2. The van der Waals surface area contributed by atoms with E-state index in [-0.39, 0.29) is 5.92 Å². The van der Waals surface area contributed by atoms with Crippen LogP contribution in [0.5, 0.6) is 0 Å². The van der Waals surface area contributed by atoms with Gasteiger partial charge in [-0.3, -0.25) is 10.4 Å². The molecule has 1 aromatic rings. The summed E-state index contributed by atoms with van der Waals surface area (Å²) in [7, 11) is 1.89. The van der Waals surface area contributed by atoms with Crippen molar-refractivity contribution < 1.29 is 0 Å². The molecule has 0 saturated heterocycles. The van der Waals surface area contributed by atoms with Crippen molar-refractivity contribution in [3.8, 4) is 0 Å². The van der Waals surface area contributed by atoms with E-state index in [2.05, 4.69) is 50.9 Å². The van der Waals surface area contributed by atoms with Crippen molar-refractivity contribution in [2.75, 3.05) is 18.9 Å². The van der Waals surface area contributed by atoms with Gasteiger partial charge in [0.25, 0.3) is 0 Å². The van der Waals surface area contributed by atoms with Crippen molar-refractivity contribution in [2.24, 2.45) is 0 Å². The summed E-state index contributed by atoms with van der Waals surface area (Å²) in [5.41, 5.74) is 9.65. The maximum Gasteiger partial charge on any atom is 0.126 e. The highest BCUT2D eigenvalue weighted by Crippen LogP contribution is 2.28. The average molecular weight is 339 g/mol. The first-order valence-electron chi connectivity index (χ1n) is 8.34. The number of likely N-dealkylation sites (N-methyl/N-ethyl adjacent to an activating group) is 1. The summed E-state index contributed by atoms with van der Waals surface area (Å²) >= 11 is 0. The van der Waals surface area contributed by atoms with Crippen LogP contribution in [0.4, 0.5) is 5.69 Å². The van der Waals surface area contributed by atoms with Crippen LogP contribution in [0.2, 0.25) is 0 Å². The Morgan fingerprint density at radius 2 is 2.24 bits per heavy atom. The Morgan fingerprint density at radius 1 is 1.40 bits per heavy atom. The molecule has 2 aliphatic rings. The van der Waals surface area contributed by atoms with Gasteiger partial charge in [0.1, 0.15) is 11.5 Å². The van der Waals surface area contributed by atoms with Gasteiger partial charge in [0.05, 0.1) is 11.4 Å². The van der Waals surface area contributed by atoms with Crippen LogP contribution < -0.4 is 26.8 Å². The fraction of sp³-hybridized carbons (Fsp3) is 0.333. The van der Waals surface area contributed by atoms with Crippen molar-refractivity contribution >= 4 is 18.0 Å². The molecular formula is C18H25N7. The fourth-order valence-corrected chi connectivity index (χ4v) is 2.91. The van der Waals surface area contributed by atoms with Gasteiger partial charge in [-0.05, 0) is 56.3 Å². The van der Waals surface area contributed by atoms with Crippen LogP contribution in [0.1, 0.15) is 31.0 Å². The zero-order chi connectivity index (χ0) is 17.9. The van der Waals surface area contributed by atoms with Crippen LogP contribution in [0.25, 0.3) is 6.08 Å². The van der Waals surface area contributed by atoms with Crippen molar-refractivity contribution in [1.82, 2.24) is 26.5 Å². The molecule has 3 rings (SSSR count). The van der Waals surface area contributed by atoms with Crippen LogP contribution in [0, 0.1) is 5.41 Å². The molecule has 0 bridgehead atoms. The average Bonchev–Trinajstić information content (AvgIpc) is 2.61. The van der Waals surface area contributed by atoms with E-state index in [0.29, 0.717) is 6.54 Å². The third-order valence-corrected chi connectivity index (χ3v) is 4.35. The first-order chi connectivity index (χ1) is 12.0. The van der Waals surface area contributed by atoms with E-state index in [1.54, 1.807) is 0 Å². The lowest BCUT2D eigenvalue weighted by Crippen LogP contribution is -2.52. The van der Waals surface area contributed by atoms with E-state index < -0.39 is 5.66 Å². The molecule has 25 heavy (non-hydrogen) atoms. The molecule has 2 unspecified atom stereocenters. The van der Waals surface area contributed by atoms with Gasteiger partial charge in [-0.2, -0.15) is 0 Å². The molecule has 6 N–H and O–H groups in total. The highest BCUT2D eigenvalue weighted by Gasteiger charge is 2.27. The van der Waals surface area contributed by atoms with Crippen LogP contribution in [-0.4, -0.2) is 30.5 Å². The van der Waals surface area contributed by atoms with Crippen LogP contribution in [0.15, 0.2) is 42.0 Å². The molecule has 7 nitrogen and oxygen atoms in total. The highest BCUT2D eigenvalue weighted by molar-refractivity contribution is 5.72. The molecule has 2 aliphatic heterocycles. The minimum Gasteiger partial charge on any atom is -0.358 e. The molecule has 1 aromatic heterocycles. The minimum atomic E-state index is -0.451. The predicted molar refractivity (Wildman–Crippen MR) is 102 cm³/mol. The summed E-state index contributed by atoms with van der Waals surface area (Å²) < 4.78 is 0. The van der Waals surface area contributed by atoms with Crippen LogP contribution >= 0.6 is 0 Å². The number of aromatic nitrogens is 1. The normalized spacial score (nSPS) is 22.4. The zero-order valence-electron chi connectivity index (χ0n) is 14.8. The second-order valence-electron chi connectivity index (χ2n) is 6.48. The molecule has 2 atom stereocenters. The van der Waals surface area contributed by atoms with E-state index in [4.69, 9.17) is 5.41 Å². The number of hydrazine groups is 1. The summed E-state index contributed by atoms with van der Waals surface area (Å²) in [6.45, 7) is 4.83. The monoisotopic (exact) mass is 339 g/mol. The predicted octanol–water partition coefficient (Wildman–Crippen LogP) is 1.63. The lowest BCUT2D eigenvalue weighted by atomic mass is 9.98. The second-order valence-corrected chi connectivity index (χ2v) is 6.48. The molecule has 132 valence electrons. The molecule has 0 radical (unpaired) electrons. The standard InChI is InChI=1S/C18H25N7/c1-12-5-7-22-25-17(12)24-18(2)6-4-15-16(23-18)8-13(11-21-15)14(9-19)10-20-3/h4-9,11,14,19-20,22-25H,10H2,1-3H3. The Balaban J connectivity index is 1.84. The van der Waals surface area contributed by atoms with Crippen LogP contribution in [0.3, 0.4) is 0 Å². The maximum atomic E-state index is 7.64. The first-order valence-corrected chi connectivity index (χ1v) is 8.34. The molecule has 0 aliphatic carbocycles. The molecule has 3 heterocycles. The van der Waals surface area contributed by atoms with Gasteiger partial charge in [-0.15, -0.1) is 0 Å². The smallest absolute Gasteiger partial charge is 0.126 e. The van der Waals surface area contributed by atoms with E-state index in [9.17, 15) is 0 Å². The van der Waals surface area contributed by atoms with Crippen molar-refractivity contribution in [1.29, 1.82) is 5.41 Å². The number of nitrogens with one attached hydrogen (secondary N) is 6. The maximum absolute atomic E-state index is 7.64. The Kier molecular flexibility index (Phi) is 4.76. The number of hydrogen-bond donors (Lipinski definition) is 6. The largest absolute Gasteiger partial charge is 0.358 e. The van der Waals surface area contributed by atoms with Gasteiger partial charge < -0.3 is 26.8 Å². The summed E-state index contributed by atoms with van der Waals surface area (Å²) in [5, 5.41) is 17.8. The molecule has 0 saturated carbocycles. The zero-order valence-corrected chi connectivity index (χ0v) is 14.8. The summed E-state index contributed by atoms with van der Waals surface area (Å²) in [6.07, 6.45) is 11.2. The topological polar surface area (TPSA) is 96.9 Å². The van der Waals surface area contributed by atoms with E-state index >= 15 is 0 Å². The quantitative estimate of drug-likeness (QED) is 0.441. The molecule has 0 aromatic carbocycles. The van der Waals surface area contributed by atoms with Gasteiger partial charge in [0.2, 0.25) is 0 Å². The number of anilines is 1. The lowest BCUT2D eigenvalue weighted by Gasteiger charge is -2.36. The van der Waals surface area contributed by atoms with Crippen molar-refractivity contribution in [3.63, 3.8) is 0 Å². The number of nitrogens with zero attached hydrogens (tertiary/aromatic N) is 1. The fourth-order valence-electron chi connectivity index (χ4n) is 2.91. The minimum absolute atomic E-state index is 0.00835. The molecule has 0 spiro atoms. The van der Waals surface area contributed by atoms with Gasteiger partial charge in [0.15, 0.2) is 0 Å². The second kappa shape index (κ2) is 6.98. The molecule has 0 fully saturated rings. The summed E-state index contributed by atoms with van der Waals surface area (Å²) in [4.78, 5) is 4.54. The summed E-state index contributed by atoms with van der Waals surface area (Å²) in [6, 6.07) is 2.08. The Bertz CT molecular complexity index is 750. The van der Waals surface area contributed by atoms with Gasteiger partial charge in [-0.1, -0.05) is 0 Å². The summed E-state index contributed by atoms with van der Waals surface area (Å²) in [5.74, 6) is 0.927. The highest BCUT2D eigenvalue weighted by atomic mass is 15.4. The number of pyridine rings is 1. The first kappa shape index (κ1) is 17.0. The van der Waals surface area contributed by atoms with Gasteiger partial charge >= 0.3 is 0 Å². The third-order valence-electron chi connectivity index (χ3n) is 4.35. The van der Waals surface area contributed by atoms with E-state index in [0.717, 1.165) is 28.3 Å². The van der Waals surface area contributed by atoms with E-state index in [1.165, 1.54) is 6.21 Å². The SMILES string of the molecule is CNCC(C=N)c1cnc2c(c1)NC(C)(NC1=C(C)C=CNN1)C=C2. The number of fused-ring (bicyclic) bond motifs is 1. The third kappa shape index (κ3) is 3.66. The van der Waals surface area contributed by atoms with E-state index in [1.807, 2.05) is 38.5 Å². The van der Waals surface area contributed by atoms with Crippen LogP contribution in [-0.2, 0) is 0 Å². The van der Waals surface area contributed by atoms with Gasteiger partial charge in [0, 0.05) is 31.1 Å². The molecular weight excluding hydrogens is 314 g/mol. The number of rotatable bonds is 6. The Morgan fingerprint density at radius 3 is 2.96 bits per heavy atom. The van der Waals surface area contributed by atoms with Crippen molar-refractivity contribution in [2.45, 2.75) is 25.4 Å². The van der Waals surface area contributed by atoms with Crippen molar-refractivity contribution in [3.05, 3.63) is 53.3 Å². The van der Waals surface area contributed by atoms with Gasteiger partial charge in [-0.25, -0.2) is 0 Å². The number of hydrogen-bond acceptors (Lipinski definition) is 7. The Hall–Kier alpha value is -2.80. The molecule has 0 amide bonds. The Labute approximate surface area is 148 Å². The molecule has 7 heteroatoms. The lowest BCUT2D eigenvalue weighted by molar-refractivity contribution is 0.494.